The summed E-state index contributed by atoms with van der Waals surface area (Å²) in [7, 11) is 0. The highest BCUT2D eigenvalue weighted by molar-refractivity contribution is 8.14. The molecule has 1 amide bonds. The maximum absolute atomic E-state index is 11.2. The van der Waals surface area contributed by atoms with E-state index in [0.29, 0.717) is 0 Å². The third-order valence-electron chi connectivity index (χ3n) is 1.54. The topological polar surface area (TPSA) is 41.5 Å². The largest absolute Gasteiger partial charge is 0.302 e. The molecule has 13 heavy (non-hydrogen) atoms. The van der Waals surface area contributed by atoms with Crippen molar-refractivity contribution in [1.29, 1.82) is 0 Å². The fraction of sp³-hybridized carbons (Fsp3) is 0.556. The van der Waals surface area contributed by atoms with Crippen LogP contribution in [0.15, 0.2) is 17.1 Å². The second-order valence-electron chi connectivity index (χ2n) is 2.72. The van der Waals surface area contributed by atoms with Gasteiger partial charge in [0.05, 0.1) is 6.54 Å². The highest BCUT2D eigenvalue weighted by Crippen LogP contribution is 2.08. The van der Waals surface area contributed by atoms with E-state index in [2.05, 4.69) is 17.2 Å². The number of amides is 1. The SMILES string of the molecule is CCC/C=C/C(=O)NC1=NCCS1. The minimum absolute atomic E-state index is 0.0680. The predicted octanol–water partition coefficient (Wildman–Crippen LogP) is 1.56. The molecule has 1 N–H and O–H groups in total. The van der Waals surface area contributed by atoms with Gasteiger partial charge >= 0.3 is 0 Å². The van der Waals surface area contributed by atoms with E-state index in [4.69, 9.17) is 0 Å². The smallest absolute Gasteiger partial charge is 0.249 e. The molecule has 0 fully saturated rings. The summed E-state index contributed by atoms with van der Waals surface area (Å²) in [5.74, 6) is 0.912. The fourth-order valence-electron chi connectivity index (χ4n) is 0.915. The minimum Gasteiger partial charge on any atom is -0.302 e. The van der Waals surface area contributed by atoms with Gasteiger partial charge in [-0.25, -0.2) is 0 Å². The number of carbonyl (C=O) groups is 1. The summed E-state index contributed by atoms with van der Waals surface area (Å²) < 4.78 is 0. The maximum atomic E-state index is 11.2. The first-order valence-corrected chi connectivity index (χ1v) is 5.46. The number of amidine groups is 1. The lowest BCUT2D eigenvalue weighted by molar-refractivity contribution is -0.115. The van der Waals surface area contributed by atoms with Crippen molar-refractivity contribution in [2.45, 2.75) is 19.8 Å². The number of nitrogens with one attached hydrogen (secondary N) is 1. The number of hydrogen-bond acceptors (Lipinski definition) is 3. The lowest BCUT2D eigenvalue weighted by Crippen LogP contribution is -2.25. The van der Waals surface area contributed by atoms with Crippen LogP contribution in [-0.2, 0) is 4.79 Å². The van der Waals surface area contributed by atoms with Crippen LogP contribution < -0.4 is 5.32 Å². The summed E-state index contributed by atoms with van der Waals surface area (Å²) >= 11 is 1.59. The Labute approximate surface area is 82.7 Å². The van der Waals surface area contributed by atoms with Gasteiger partial charge in [-0.15, -0.1) is 0 Å². The molecular weight excluding hydrogens is 184 g/mol. The molecule has 0 aromatic carbocycles. The molecule has 1 heterocycles. The van der Waals surface area contributed by atoms with E-state index in [1.807, 2.05) is 6.08 Å². The highest BCUT2D eigenvalue weighted by atomic mass is 32.2. The molecule has 1 aliphatic heterocycles. The molecule has 0 aliphatic carbocycles. The van der Waals surface area contributed by atoms with E-state index in [-0.39, 0.29) is 5.91 Å². The van der Waals surface area contributed by atoms with Crippen LogP contribution in [0.1, 0.15) is 19.8 Å². The summed E-state index contributed by atoms with van der Waals surface area (Å²) in [6.45, 7) is 2.90. The van der Waals surface area contributed by atoms with Crippen molar-refractivity contribution in [3.8, 4) is 0 Å². The predicted molar refractivity (Wildman–Crippen MR) is 57.0 cm³/mol. The third-order valence-corrected chi connectivity index (χ3v) is 2.43. The number of unbranched alkanes of at least 4 members (excludes halogenated alkanes) is 1. The van der Waals surface area contributed by atoms with Crippen LogP contribution in [0.2, 0.25) is 0 Å². The summed E-state index contributed by atoms with van der Waals surface area (Å²) in [6.07, 6.45) is 5.48. The van der Waals surface area contributed by atoms with Crippen LogP contribution in [0, 0.1) is 0 Å². The van der Waals surface area contributed by atoms with E-state index >= 15 is 0 Å². The zero-order valence-corrected chi connectivity index (χ0v) is 8.56. The molecule has 1 rings (SSSR count). The van der Waals surface area contributed by atoms with Gasteiger partial charge in [0.2, 0.25) is 5.91 Å². The molecular formula is C9H14N2OS. The summed E-state index contributed by atoms with van der Waals surface area (Å²) in [5, 5.41) is 3.48. The average molecular weight is 198 g/mol. The molecule has 0 bridgehead atoms. The number of hydrogen-bond donors (Lipinski definition) is 1. The number of aliphatic imine (C=N–C) groups is 1. The van der Waals surface area contributed by atoms with Crippen LogP contribution in [0.5, 0.6) is 0 Å². The minimum atomic E-state index is -0.0680. The zero-order chi connectivity index (χ0) is 9.52. The van der Waals surface area contributed by atoms with Gasteiger partial charge in [-0.1, -0.05) is 31.2 Å². The van der Waals surface area contributed by atoms with E-state index in [0.717, 1.165) is 30.3 Å². The molecule has 0 aromatic heterocycles. The van der Waals surface area contributed by atoms with E-state index in [1.54, 1.807) is 17.8 Å². The van der Waals surface area contributed by atoms with Gasteiger partial charge in [0.25, 0.3) is 0 Å². The van der Waals surface area contributed by atoms with Crippen molar-refractivity contribution in [2.24, 2.45) is 4.99 Å². The summed E-state index contributed by atoms with van der Waals surface area (Å²) in [6, 6.07) is 0. The van der Waals surface area contributed by atoms with Crippen LogP contribution >= 0.6 is 11.8 Å². The molecule has 1 aliphatic rings. The van der Waals surface area contributed by atoms with Gasteiger partial charge in [0, 0.05) is 5.75 Å². The monoisotopic (exact) mass is 198 g/mol. The quantitative estimate of drug-likeness (QED) is 0.699. The van der Waals surface area contributed by atoms with Crippen LogP contribution in [-0.4, -0.2) is 23.4 Å². The second-order valence-corrected chi connectivity index (χ2v) is 3.80. The first-order valence-electron chi connectivity index (χ1n) is 4.47. The van der Waals surface area contributed by atoms with E-state index in [9.17, 15) is 4.79 Å². The van der Waals surface area contributed by atoms with E-state index in [1.165, 1.54) is 0 Å². The van der Waals surface area contributed by atoms with E-state index < -0.39 is 0 Å². The third kappa shape index (κ3) is 4.12. The molecule has 0 aromatic rings. The first kappa shape index (κ1) is 10.3. The Morgan fingerprint density at radius 1 is 1.77 bits per heavy atom. The molecule has 3 nitrogen and oxygen atoms in total. The molecule has 0 saturated carbocycles. The van der Waals surface area contributed by atoms with Gasteiger partial charge in [-0.2, -0.15) is 0 Å². The Balaban J connectivity index is 2.24. The maximum Gasteiger partial charge on any atom is 0.249 e. The number of allylic oxidation sites excluding steroid dienone is 1. The number of rotatable bonds is 3. The molecule has 0 atom stereocenters. The molecule has 72 valence electrons. The van der Waals surface area contributed by atoms with Crippen LogP contribution in [0.4, 0.5) is 0 Å². The standard InChI is InChI=1S/C9H14N2OS/c1-2-3-4-5-8(12)11-9-10-6-7-13-9/h4-5H,2-3,6-7H2,1H3,(H,10,11,12)/b5-4+. The van der Waals surface area contributed by atoms with Crippen molar-refractivity contribution < 1.29 is 4.79 Å². The van der Waals surface area contributed by atoms with Crippen LogP contribution in [0.3, 0.4) is 0 Å². The first-order chi connectivity index (χ1) is 6.33. The van der Waals surface area contributed by atoms with Gasteiger partial charge in [-0.3, -0.25) is 9.79 Å². The van der Waals surface area contributed by atoms with Crippen molar-refractivity contribution in [2.75, 3.05) is 12.3 Å². The molecule has 0 saturated heterocycles. The molecule has 0 radical (unpaired) electrons. The average Bonchev–Trinajstić information content (AvgIpc) is 2.57. The van der Waals surface area contributed by atoms with Gasteiger partial charge in [0.15, 0.2) is 5.17 Å². The molecule has 0 unspecified atom stereocenters. The van der Waals surface area contributed by atoms with Gasteiger partial charge < -0.3 is 5.32 Å². The lowest BCUT2D eigenvalue weighted by Gasteiger charge is -1.98. The zero-order valence-electron chi connectivity index (χ0n) is 7.75. The van der Waals surface area contributed by atoms with Crippen LogP contribution in [0.25, 0.3) is 0 Å². The molecule has 0 spiro atoms. The van der Waals surface area contributed by atoms with Crippen molar-refractivity contribution in [3.63, 3.8) is 0 Å². The Hall–Kier alpha value is -0.770. The summed E-state index contributed by atoms with van der Waals surface area (Å²) in [5.41, 5.74) is 0. The lowest BCUT2D eigenvalue weighted by atomic mass is 10.3. The Morgan fingerprint density at radius 2 is 2.62 bits per heavy atom. The number of thioether (sulfide) groups is 1. The highest BCUT2D eigenvalue weighted by Gasteiger charge is 2.07. The molecule has 4 heteroatoms. The van der Waals surface area contributed by atoms with Gasteiger partial charge in [0.1, 0.15) is 0 Å². The Bertz CT molecular complexity index is 236. The normalized spacial score (nSPS) is 16.2. The Morgan fingerprint density at radius 3 is 3.23 bits per heavy atom. The fourth-order valence-corrected chi connectivity index (χ4v) is 1.65. The van der Waals surface area contributed by atoms with Crippen molar-refractivity contribution in [1.82, 2.24) is 5.32 Å². The number of nitrogens with zero attached hydrogens (tertiary/aromatic N) is 1. The van der Waals surface area contributed by atoms with Gasteiger partial charge in [-0.05, 0) is 12.5 Å². The summed E-state index contributed by atoms with van der Waals surface area (Å²) in [4.78, 5) is 15.3. The Kier molecular flexibility index (Phi) is 4.60. The number of carbonyl (C=O) groups excluding carboxylic acids is 1. The van der Waals surface area contributed by atoms with Crippen molar-refractivity contribution >= 4 is 22.8 Å². The second kappa shape index (κ2) is 5.80. The van der Waals surface area contributed by atoms with Crippen molar-refractivity contribution in [3.05, 3.63) is 12.2 Å².